The molecular weight excluding hydrogens is 400 g/mol. The van der Waals surface area contributed by atoms with E-state index in [0.29, 0.717) is 12.1 Å². The fraction of sp³-hybridized carbons (Fsp3) is 0.267. The van der Waals surface area contributed by atoms with Crippen LogP contribution in [0.4, 0.5) is 0 Å². The molecule has 1 aliphatic carbocycles. The highest BCUT2D eigenvalue weighted by atomic mass is 79.9. The molecule has 1 aliphatic rings. The van der Waals surface area contributed by atoms with Crippen LogP contribution in [0.2, 0.25) is 0 Å². The van der Waals surface area contributed by atoms with Crippen molar-refractivity contribution < 1.29 is 13.2 Å². The van der Waals surface area contributed by atoms with E-state index in [1.165, 1.54) is 12.1 Å². The number of carbonyl (C=O) groups is 1. The van der Waals surface area contributed by atoms with Gasteiger partial charge in [-0.3, -0.25) is 4.79 Å². The van der Waals surface area contributed by atoms with Crippen molar-refractivity contribution >= 4 is 43.2 Å². The predicted octanol–water partition coefficient (Wildman–Crippen LogP) is 2.88. The lowest BCUT2D eigenvalue weighted by Gasteiger charge is -2.08. The van der Waals surface area contributed by atoms with E-state index in [-0.39, 0.29) is 16.8 Å². The van der Waals surface area contributed by atoms with Crippen LogP contribution in [0.3, 0.4) is 0 Å². The third-order valence-corrected chi connectivity index (χ3v) is 6.50. The number of amides is 1. The number of sulfonamides is 1. The highest BCUT2D eigenvalue weighted by Crippen LogP contribution is 2.23. The van der Waals surface area contributed by atoms with Crippen molar-refractivity contribution in [3.8, 4) is 0 Å². The number of hydrogen-bond donors (Lipinski definition) is 2. The number of hydrogen-bond acceptors (Lipinski definition) is 4. The summed E-state index contributed by atoms with van der Waals surface area (Å²) in [6.45, 7) is 0.409. The number of halogens is 1. The van der Waals surface area contributed by atoms with E-state index in [2.05, 4.69) is 26.0 Å². The predicted molar refractivity (Wildman–Crippen MR) is 93.0 cm³/mol. The van der Waals surface area contributed by atoms with Gasteiger partial charge in [0, 0.05) is 16.5 Å². The van der Waals surface area contributed by atoms with Crippen molar-refractivity contribution in [1.82, 2.24) is 10.0 Å². The number of carbonyl (C=O) groups excluding carboxylic acids is 1. The van der Waals surface area contributed by atoms with Crippen LogP contribution in [0.25, 0.3) is 0 Å². The van der Waals surface area contributed by atoms with Gasteiger partial charge in [-0.2, -0.15) is 0 Å². The SMILES string of the molecule is O=C(NCc1ccc(Br)s1)c1cccc(S(=O)(=O)NC2CC2)c1. The summed E-state index contributed by atoms with van der Waals surface area (Å²) in [6, 6.07) is 9.98. The highest BCUT2D eigenvalue weighted by molar-refractivity contribution is 9.11. The summed E-state index contributed by atoms with van der Waals surface area (Å²) < 4.78 is 28.0. The lowest BCUT2D eigenvalue weighted by molar-refractivity contribution is 0.0951. The largest absolute Gasteiger partial charge is 0.347 e. The average Bonchev–Trinajstić information content (AvgIpc) is 3.23. The monoisotopic (exact) mass is 414 g/mol. The first-order chi connectivity index (χ1) is 10.9. The van der Waals surface area contributed by atoms with Gasteiger partial charge in [0.25, 0.3) is 5.91 Å². The third kappa shape index (κ3) is 4.41. The number of nitrogens with one attached hydrogen (secondary N) is 2. The zero-order valence-electron chi connectivity index (χ0n) is 12.1. The summed E-state index contributed by atoms with van der Waals surface area (Å²) in [5.41, 5.74) is 0.333. The lowest BCUT2D eigenvalue weighted by atomic mass is 10.2. The van der Waals surface area contributed by atoms with E-state index in [9.17, 15) is 13.2 Å². The van der Waals surface area contributed by atoms with Crippen LogP contribution in [-0.2, 0) is 16.6 Å². The molecule has 0 radical (unpaired) electrons. The van der Waals surface area contributed by atoms with Gasteiger partial charge in [-0.1, -0.05) is 6.07 Å². The molecule has 0 atom stereocenters. The molecule has 0 spiro atoms. The minimum atomic E-state index is -3.55. The Morgan fingerprint density at radius 3 is 2.70 bits per heavy atom. The number of rotatable bonds is 6. The van der Waals surface area contributed by atoms with Crippen LogP contribution in [0, 0.1) is 0 Å². The molecule has 122 valence electrons. The molecule has 3 rings (SSSR count). The second-order valence-corrected chi connectivity index (χ2v) is 9.57. The van der Waals surface area contributed by atoms with Crippen LogP contribution < -0.4 is 10.0 Å². The van der Waals surface area contributed by atoms with Crippen LogP contribution in [-0.4, -0.2) is 20.4 Å². The molecule has 0 aliphatic heterocycles. The maximum absolute atomic E-state index is 12.2. The molecule has 23 heavy (non-hydrogen) atoms. The molecule has 0 unspecified atom stereocenters. The van der Waals surface area contributed by atoms with E-state index in [4.69, 9.17) is 0 Å². The molecule has 1 saturated carbocycles. The molecular formula is C15H15BrN2O3S2. The Balaban J connectivity index is 1.69. The summed E-state index contributed by atoms with van der Waals surface area (Å²) in [6.07, 6.45) is 1.74. The molecule has 1 heterocycles. The fourth-order valence-electron chi connectivity index (χ4n) is 2.01. The standard InChI is InChI=1S/C15H15BrN2O3S2/c16-14-7-6-12(22-14)9-17-15(19)10-2-1-3-13(8-10)23(20,21)18-11-4-5-11/h1-3,6-8,11,18H,4-5,9H2,(H,17,19). The summed E-state index contributed by atoms with van der Waals surface area (Å²) in [7, 11) is -3.55. The molecule has 1 aromatic heterocycles. The van der Waals surface area contributed by atoms with Gasteiger partial charge in [0.2, 0.25) is 10.0 Å². The number of thiophene rings is 1. The normalized spacial score (nSPS) is 14.7. The maximum Gasteiger partial charge on any atom is 0.251 e. The van der Waals surface area contributed by atoms with Gasteiger partial charge in [-0.15, -0.1) is 11.3 Å². The van der Waals surface area contributed by atoms with E-state index < -0.39 is 10.0 Å². The molecule has 0 bridgehead atoms. The van der Waals surface area contributed by atoms with Crippen molar-refractivity contribution in [2.45, 2.75) is 30.3 Å². The Morgan fingerprint density at radius 1 is 1.26 bits per heavy atom. The van der Waals surface area contributed by atoms with Crippen LogP contribution in [0.1, 0.15) is 28.1 Å². The Kier molecular flexibility index (Phi) is 4.86. The Morgan fingerprint density at radius 2 is 2.04 bits per heavy atom. The third-order valence-electron chi connectivity index (χ3n) is 3.36. The molecule has 2 aromatic rings. The van der Waals surface area contributed by atoms with Gasteiger partial charge in [0.15, 0.2) is 0 Å². The Labute approximate surface area is 147 Å². The van der Waals surface area contributed by atoms with Crippen molar-refractivity contribution in [2.24, 2.45) is 0 Å². The first kappa shape index (κ1) is 16.6. The molecule has 2 N–H and O–H groups in total. The molecule has 1 amide bonds. The fourth-order valence-corrected chi connectivity index (χ4v) is 4.78. The smallest absolute Gasteiger partial charge is 0.251 e. The van der Waals surface area contributed by atoms with Gasteiger partial charge in [0.1, 0.15) is 0 Å². The second kappa shape index (κ2) is 6.72. The van der Waals surface area contributed by atoms with Gasteiger partial charge >= 0.3 is 0 Å². The first-order valence-corrected chi connectivity index (χ1v) is 10.2. The lowest BCUT2D eigenvalue weighted by Crippen LogP contribution is -2.26. The number of benzene rings is 1. The first-order valence-electron chi connectivity index (χ1n) is 7.09. The summed E-state index contributed by atoms with van der Waals surface area (Å²) in [5.74, 6) is -0.294. The van der Waals surface area contributed by atoms with E-state index in [1.54, 1.807) is 23.5 Å². The van der Waals surface area contributed by atoms with E-state index in [0.717, 1.165) is 21.5 Å². The highest BCUT2D eigenvalue weighted by Gasteiger charge is 2.28. The van der Waals surface area contributed by atoms with Crippen LogP contribution in [0.15, 0.2) is 45.1 Å². The topological polar surface area (TPSA) is 75.3 Å². The Bertz CT molecular complexity index is 829. The van der Waals surface area contributed by atoms with Gasteiger partial charge in [-0.05, 0) is 59.1 Å². The zero-order chi connectivity index (χ0) is 16.4. The Hall–Kier alpha value is -1.22. The van der Waals surface area contributed by atoms with E-state index >= 15 is 0 Å². The zero-order valence-corrected chi connectivity index (χ0v) is 15.3. The summed E-state index contributed by atoms with van der Waals surface area (Å²) in [5, 5.41) is 2.80. The minimum absolute atomic E-state index is 0.0368. The van der Waals surface area contributed by atoms with E-state index in [1.807, 2.05) is 12.1 Å². The van der Waals surface area contributed by atoms with Crippen LogP contribution >= 0.6 is 27.3 Å². The minimum Gasteiger partial charge on any atom is -0.347 e. The van der Waals surface area contributed by atoms with Crippen molar-refractivity contribution in [3.05, 3.63) is 50.6 Å². The summed E-state index contributed by atoms with van der Waals surface area (Å²) in [4.78, 5) is 13.3. The summed E-state index contributed by atoms with van der Waals surface area (Å²) >= 11 is 4.91. The van der Waals surface area contributed by atoms with Gasteiger partial charge < -0.3 is 5.32 Å². The molecule has 5 nitrogen and oxygen atoms in total. The molecule has 1 aromatic carbocycles. The maximum atomic E-state index is 12.2. The second-order valence-electron chi connectivity index (χ2n) is 5.31. The van der Waals surface area contributed by atoms with Crippen molar-refractivity contribution in [1.29, 1.82) is 0 Å². The van der Waals surface area contributed by atoms with Crippen LogP contribution in [0.5, 0.6) is 0 Å². The van der Waals surface area contributed by atoms with Crippen molar-refractivity contribution in [2.75, 3.05) is 0 Å². The average molecular weight is 415 g/mol. The molecule has 8 heteroatoms. The van der Waals surface area contributed by atoms with Gasteiger partial charge in [-0.25, -0.2) is 13.1 Å². The van der Waals surface area contributed by atoms with Gasteiger partial charge in [0.05, 0.1) is 15.2 Å². The quantitative estimate of drug-likeness (QED) is 0.762. The molecule has 0 saturated heterocycles. The molecule has 1 fully saturated rings. The van der Waals surface area contributed by atoms with Crippen molar-refractivity contribution in [3.63, 3.8) is 0 Å².